The number of morpholine rings is 1. The van der Waals surface area contributed by atoms with Crippen LogP contribution in [0.4, 0.5) is 16.2 Å². The van der Waals surface area contributed by atoms with Crippen molar-refractivity contribution < 1.29 is 14.3 Å². The van der Waals surface area contributed by atoms with Crippen LogP contribution in [0.2, 0.25) is 5.02 Å². The third kappa shape index (κ3) is 5.52. The third-order valence-electron chi connectivity index (χ3n) is 5.75. The molecule has 0 bridgehead atoms. The minimum absolute atomic E-state index is 0.0202. The Morgan fingerprint density at radius 1 is 1.31 bits per heavy atom. The number of hydrogen-bond donors (Lipinski definition) is 3. The molecule has 2 saturated heterocycles. The second-order valence-electron chi connectivity index (χ2n) is 7.70. The first kappa shape index (κ1) is 21.7. The van der Waals surface area contributed by atoms with Crippen LogP contribution in [-0.4, -0.2) is 74.9 Å². The van der Waals surface area contributed by atoms with Gasteiger partial charge in [0.1, 0.15) is 0 Å². The van der Waals surface area contributed by atoms with E-state index in [0.29, 0.717) is 30.3 Å². The number of nitrogens with zero attached hydrogens (tertiary/aromatic N) is 2. The van der Waals surface area contributed by atoms with Crippen molar-refractivity contribution in [2.24, 2.45) is 0 Å². The first-order chi connectivity index (χ1) is 13.9. The zero-order valence-corrected chi connectivity index (χ0v) is 17.8. The Balaban J connectivity index is 1.56. The lowest BCUT2D eigenvalue weighted by atomic mass is 9.95. The van der Waals surface area contributed by atoms with Gasteiger partial charge in [-0.15, -0.1) is 0 Å². The number of nitrogens with one attached hydrogen (secondary N) is 3. The van der Waals surface area contributed by atoms with Gasteiger partial charge in [0, 0.05) is 44.0 Å². The van der Waals surface area contributed by atoms with Crippen molar-refractivity contribution >= 4 is 34.9 Å². The number of hydrogen-bond acceptors (Lipinski definition) is 5. The van der Waals surface area contributed by atoms with Gasteiger partial charge in [-0.3, -0.25) is 9.69 Å². The molecule has 1 aromatic rings. The van der Waals surface area contributed by atoms with Gasteiger partial charge in [0.2, 0.25) is 5.91 Å². The molecule has 3 N–H and O–H groups in total. The number of amides is 3. The highest BCUT2D eigenvalue weighted by Crippen LogP contribution is 2.29. The molecule has 29 heavy (non-hydrogen) atoms. The third-order valence-corrected chi connectivity index (χ3v) is 6.05. The molecule has 1 unspecified atom stereocenters. The molecule has 0 spiro atoms. The van der Waals surface area contributed by atoms with Crippen LogP contribution < -0.4 is 20.9 Å². The molecule has 2 aliphatic heterocycles. The molecule has 3 rings (SSSR count). The molecule has 2 fully saturated rings. The van der Waals surface area contributed by atoms with Gasteiger partial charge in [0.25, 0.3) is 0 Å². The van der Waals surface area contributed by atoms with E-state index < -0.39 is 0 Å². The molecule has 0 aliphatic carbocycles. The van der Waals surface area contributed by atoms with Crippen molar-refractivity contribution in [2.75, 3.05) is 62.7 Å². The van der Waals surface area contributed by atoms with E-state index in [4.69, 9.17) is 16.3 Å². The summed E-state index contributed by atoms with van der Waals surface area (Å²) in [6.07, 6.45) is 0.928. The minimum atomic E-state index is -0.265. The second kappa shape index (κ2) is 9.65. The van der Waals surface area contributed by atoms with Crippen LogP contribution in [0.3, 0.4) is 0 Å². The van der Waals surface area contributed by atoms with Gasteiger partial charge in [-0.25, -0.2) is 4.79 Å². The first-order valence-electron chi connectivity index (χ1n) is 10.1. The smallest absolute Gasteiger partial charge is 0.319 e. The predicted molar refractivity (Wildman–Crippen MR) is 115 cm³/mol. The zero-order chi connectivity index (χ0) is 20.9. The summed E-state index contributed by atoms with van der Waals surface area (Å²) in [5, 5.41) is 9.13. The van der Waals surface area contributed by atoms with Gasteiger partial charge in [0.05, 0.1) is 30.5 Å². The van der Waals surface area contributed by atoms with Gasteiger partial charge in [-0.2, -0.15) is 0 Å². The number of carbonyl (C=O) groups excluding carboxylic acids is 2. The average Bonchev–Trinajstić information content (AvgIpc) is 2.73. The predicted octanol–water partition coefficient (Wildman–Crippen LogP) is 1.90. The highest BCUT2D eigenvalue weighted by atomic mass is 35.5. The van der Waals surface area contributed by atoms with E-state index in [1.165, 1.54) is 0 Å². The molecule has 2 aliphatic rings. The van der Waals surface area contributed by atoms with Crippen molar-refractivity contribution in [1.82, 2.24) is 15.5 Å². The number of halogens is 1. The molecule has 0 radical (unpaired) electrons. The molecule has 2 heterocycles. The molecule has 1 aromatic carbocycles. The summed E-state index contributed by atoms with van der Waals surface area (Å²) >= 11 is 6.40. The molecule has 1 atom stereocenters. The van der Waals surface area contributed by atoms with Gasteiger partial charge in [-0.1, -0.05) is 18.5 Å². The molecular formula is C20H30ClN5O3. The summed E-state index contributed by atoms with van der Waals surface area (Å²) in [6, 6.07) is 5.08. The normalized spacial score (nSPS) is 20.0. The molecule has 160 valence electrons. The highest BCUT2D eigenvalue weighted by Gasteiger charge is 2.31. The van der Waals surface area contributed by atoms with Crippen LogP contribution in [0.1, 0.15) is 20.3 Å². The lowest BCUT2D eigenvalue weighted by Gasteiger charge is -2.43. The van der Waals surface area contributed by atoms with Crippen molar-refractivity contribution in [3.05, 3.63) is 23.2 Å². The van der Waals surface area contributed by atoms with Crippen LogP contribution in [0, 0.1) is 0 Å². The van der Waals surface area contributed by atoms with Crippen LogP contribution in [0.5, 0.6) is 0 Å². The Morgan fingerprint density at radius 3 is 2.72 bits per heavy atom. The minimum Gasteiger partial charge on any atom is -0.379 e. The number of piperazine rings is 1. The van der Waals surface area contributed by atoms with E-state index in [9.17, 15) is 9.59 Å². The molecule has 9 heteroatoms. The maximum Gasteiger partial charge on any atom is 0.319 e. The Morgan fingerprint density at radius 2 is 2.07 bits per heavy atom. The summed E-state index contributed by atoms with van der Waals surface area (Å²) in [6.45, 7) is 9.63. The summed E-state index contributed by atoms with van der Waals surface area (Å²) in [7, 11) is 0. The van der Waals surface area contributed by atoms with Crippen LogP contribution in [-0.2, 0) is 9.53 Å². The molecule has 0 aromatic heterocycles. The van der Waals surface area contributed by atoms with Gasteiger partial charge in [0.15, 0.2) is 0 Å². The maximum absolute atomic E-state index is 12.4. The zero-order valence-electron chi connectivity index (χ0n) is 17.1. The van der Waals surface area contributed by atoms with Crippen LogP contribution >= 0.6 is 11.6 Å². The number of rotatable bonds is 6. The Bertz CT molecular complexity index is 741. The fraction of sp³-hybridized carbons (Fsp3) is 0.600. The van der Waals surface area contributed by atoms with Crippen molar-refractivity contribution in [1.29, 1.82) is 0 Å². The second-order valence-corrected chi connectivity index (χ2v) is 8.10. The number of ether oxygens (including phenoxy) is 1. The largest absolute Gasteiger partial charge is 0.379 e. The number of carbonyl (C=O) groups is 2. The lowest BCUT2D eigenvalue weighted by molar-refractivity contribution is -0.120. The topological polar surface area (TPSA) is 85.9 Å². The van der Waals surface area contributed by atoms with Gasteiger partial charge >= 0.3 is 6.03 Å². The van der Waals surface area contributed by atoms with E-state index in [-0.39, 0.29) is 24.0 Å². The highest BCUT2D eigenvalue weighted by molar-refractivity contribution is 6.33. The molecule has 3 amide bonds. The van der Waals surface area contributed by atoms with Crippen molar-refractivity contribution in [3.63, 3.8) is 0 Å². The Kier molecular flexibility index (Phi) is 7.21. The average molecular weight is 424 g/mol. The summed E-state index contributed by atoms with van der Waals surface area (Å²) < 4.78 is 5.44. The maximum atomic E-state index is 12.4. The molecule has 8 nitrogen and oxygen atoms in total. The standard InChI is InChI=1S/C20H30ClN5O3/c1-3-20(2,26-8-10-29-11-9-26)14-23-19(28)24-15-4-5-17(16(21)12-15)25-7-6-22-18(27)13-25/h4-5,12H,3,6-11,13-14H2,1-2H3,(H,22,27)(H2,23,24,28). The fourth-order valence-corrected chi connectivity index (χ4v) is 3.99. The SMILES string of the molecule is CCC(C)(CNC(=O)Nc1ccc(N2CCNC(=O)C2)c(Cl)c1)N1CCOCC1. The summed E-state index contributed by atoms with van der Waals surface area (Å²) in [5.74, 6) is -0.0202. The van der Waals surface area contributed by atoms with Gasteiger partial charge < -0.3 is 25.6 Å². The Labute approximate surface area is 176 Å². The first-order valence-corrected chi connectivity index (χ1v) is 10.5. The van der Waals surface area contributed by atoms with Crippen molar-refractivity contribution in [3.8, 4) is 0 Å². The number of anilines is 2. The summed E-state index contributed by atoms with van der Waals surface area (Å²) in [5.41, 5.74) is 1.29. The van der Waals surface area contributed by atoms with Crippen molar-refractivity contribution in [2.45, 2.75) is 25.8 Å². The quantitative estimate of drug-likeness (QED) is 0.650. The van der Waals surface area contributed by atoms with E-state index in [2.05, 4.69) is 34.7 Å². The molecule has 0 saturated carbocycles. The molecular weight excluding hydrogens is 394 g/mol. The van der Waals surface area contributed by atoms with Gasteiger partial charge in [-0.05, 0) is 31.5 Å². The summed E-state index contributed by atoms with van der Waals surface area (Å²) in [4.78, 5) is 28.3. The lowest BCUT2D eigenvalue weighted by Crippen LogP contribution is -2.57. The monoisotopic (exact) mass is 423 g/mol. The number of urea groups is 1. The van der Waals surface area contributed by atoms with Crippen LogP contribution in [0.25, 0.3) is 0 Å². The fourth-order valence-electron chi connectivity index (χ4n) is 3.69. The van der Waals surface area contributed by atoms with Crippen LogP contribution in [0.15, 0.2) is 18.2 Å². The van der Waals surface area contributed by atoms with E-state index in [1.54, 1.807) is 12.1 Å². The van der Waals surface area contributed by atoms with E-state index in [0.717, 1.165) is 38.4 Å². The Hall–Kier alpha value is -2.03. The number of benzene rings is 1. The van der Waals surface area contributed by atoms with E-state index in [1.807, 2.05) is 11.0 Å². The van der Waals surface area contributed by atoms with E-state index >= 15 is 0 Å².